The molecular formula is C13H14BrN3O3S. The van der Waals surface area contributed by atoms with Crippen molar-refractivity contribution in [1.82, 2.24) is 15.5 Å². The van der Waals surface area contributed by atoms with Crippen LogP contribution in [-0.2, 0) is 16.4 Å². The Balaban J connectivity index is 1.65. The predicted octanol–water partition coefficient (Wildman–Crippen LogP) is 1.78. The van der Waals surface area contributed by atoms with Gasteiger partial charge in [-0.2, -0.15) is 0 Å². The van der Waals surface area contributed by atoms with Crippen LogP contribution in [0.4, 0.5) is 0 Å². The number of halogens is 1. The third-order valence-corrected chi connectivity index (χ3v) is 5.80. The van der Waals surface area contributed by atoms with Gasteiger partial charge >= 0.3 is 0 Å². The largest absolute Gasteiger partial charge is 0.419 e. The summed E-state index contributed by atoms with van der Waals surface area (Å²) in [6.45, 7) is 0.373. The average molecular weight is 372 g/mol. The van der Waals surface area contributed by atoms with E-state index in [0.29, 0.717) is 24.7 Å². The number of hydrogen-bond donors (Lipinski definition) is 1. The number of sulfone groups is 1. The fourth-order valence-electron chi connectivity index (χ4n) is 2.26. The van der Waals surface area contributed by atoms with E-state index in [0.717, 1.165) is 10.0 Å². The molecule has 2 aromatic rings. The molecule has 1 atom stereocenters. The van der Waals surface area contributed by atoms with Crippen molar-refractivity contribution in [3.63, 3.8) is 0 Å². The first-order chi connectivity index (χ1) is 10.0. The fraction of sp³-hybridized carbons (Fsp3) is 0.385. The molecule has 112 valence electrons. The van der Waals surface area contributed by atoms with E-state index in [1.54, 1.807) is 0 Å². The summed E-state index contributed by atoms with van der Waals surface area (Å²) in [6, 6.07) is 7.56. The highest BCUT2D eigenvalue weighted by molar-refractivity contribution is 9.10. The highest BCUT2D eigenvalue weighted by atomic mass is 79.9. The summed E-state index contributed by atoms with van der Waals surface area (Å²) in [6.07, 6.45) is 0.633. The van der Waals surface area contributed by atoms with Gasteiger partial charge in [0.15, 0.2) is 9.84 Å². The Morgan fingerprint density at radius 2 is 2.14 bits per heavy atom. The first-order valence-electron chi connectivity index (χ1n) is 6.54. The topological polar surface area (TPSA) is 85.1 Å². The molecular weight excluding hydrogens is 358 g/mol. The van der Waals surface area contributed by atoms with Gasteiger partial charge in [0.25, 0.3) is 0 Å². The van der Waals surface area contributed by atoms with Crippen molar-refractivity contribution in [1.29, 1.82) is 0 Å². The van der Waals surface area contributed by atoms with Gasteiger partial charge in [0, 0.05) is 10.5 Å². The van der Waals surface area contributed by atoms with Gasteiger partial charge in [-0.1, -0.05) is 12.1 Å². The minimum atomic E-state index is -2.88. The minimum absolute atomic E-state index is 0.0335. The van der Waals surface area contributed by atoms with Gasteiger partial charge < -0.3 is 9.73 Å². The second-order valence-corrected chi connectivity index (χ2v) is 8.04. The molecule has 1 saturated heterocycles. The summed E-state index contributed by atoms with van der Waals surface area (Å²) in [7, 11) is -2.88. The lowest BCUT2D eigenvalue weighted by molar-refractivity contribution is 0.451. The maximum absolute atomic E-state index is 11.4. The molecule has 2 heterocycles. The first-order valence-corrected chi connectivity index (χ1v) is 9.16. The standard InChI is InChI=1S/C13H14BrN3O3S/c14-11-4-2-1-3-10(11)13-17-16-12(20-13)7-15-9-5-6-21(18,19)8-9/h1-4,9,15H,5-8H2. The lowest BCUT2D eigenvalue weighted by atomic mass is 10.2. The second kappa shape index (κ2) is 5.86. The summed E-state index contributed by atoms with van der Waals surface area (Å²) in [5, 5.41) is 11.1. The van der Waals surface area contributed by atoms with E-state index in [1.807, 2.05) is 24.3 Å². The first kappa shape index (κ1) is 14.7. The highest BCUT2D eigenvalue weighted by Gasteiger charge is 2.27. The lowest BCUT2D eigenvalue weighted by Crippen LogP contribution is -2.29. The molecule has 0 radical (unpaired) electrons. The molecule has 6 nitrogen and oxygen atoms in total. The van der Waals surface area contributed by atoms with Crippen LogP contribution in [0.1, 0.15) is 12.3 Å². The van der Waals surface area contributed by atoms with Gasteiger partial charge in [0.2, 0.25) is 11.8 Å². The third-order valence-electron chi connectivity index (χ3n) is 3.35. The maximum atomic E-state index is 11.4. The molecule has 21 heavy (non-hydrogen) atoms. The van der Waals surface area contributed by atoms with Crippen molar-refractivity contribution < 1.29 is 12.8 Å². The number of aromatic nitrogens is 2. The Morgan fingerprint density at radius 1 is 1.33 bits per heavy atom. The molecule has 8 heteroatoms. The molecule has 1 aromatic heterocycles. The number of nitrogens with zero attached hydrogens (tertiary/aromatic N) is 2. The van der Waals surface area contributed by atoms with Gasteiger partial charge in [-0.15, -0.1) is 10.2 Å². The Kier molecular flexibility index (Phi) is 4.10. The van der Waals surface area contributed by atoms with E-state index in [1.165, 1.54) is 0 Å². The molecule has 1 fully saturated rings. The van der Waals surface area contributed by atoms with Gasteiger partial charge in [0.1, 0.15) is 0 Å². The van der Waals surface area contributed by atoms with Crippen molar-refractivity contribution in [3.8, 4) is 11.5 Å². The maximum Gasteiger partial charge on any atom is 0.248 e. The van der Waals surface area contributed by atoms with Gasteiger partial charge in [0.05, 0.1) is 23.6 Å². The Labute approximate surface area is 131 Å². The molecule has 1 aromatic carbocycles. The smallest absolute Gasteiger partial charge is 0.248 e. The zero-order valence-corrected chi connectivity index (χ0v) is 13.5. The van der Waals surface area contributed by atoms with Gasteiger partial charge in [-0.05, 0) is 34.5 Å². The van der Waals surface area contributed by atoms with Gasteiger partial charge in [-0.3, -0.25) is 0 Å². The fourth-order valence-corrected chi connectivity index (χ4v) is 4.42. The molecule has 1 aliphatic rings. The number of rotatable bonds is 4. The summed E-state index contributed by atoms with van der Waals surface area (Å²) in [5.41, 5.74) is 0.833. The molecule has 0 aliphatic carbocycles. The second-order valence-electron chi connectivity index (χ2n) is 4.96. The van der Waals surface area contributed by atoms with E-state index in [-0.39, 0.29) is 17.5 Å². The summed E-state index contributed by atoms with van der Waals surface area (Å²) in [5.74, 6) is 1.32. The zero-order chi connectivity index (χ0) is 14.9. The summed E-state index contributed by atoms with van der Waals surface area (Å²) in [4.78, 5) is 0. The van der Waals surface area contributed by atoms with Crippen LogP contribution in [-0.4, -0.2) is 36.2 Å². The molecule has 0 spiro atoms. The zero-order valence-electron chi connectivity index (χ0n) is 11.1. The van der Waals surface area contributed by atoms with Crippen molar-refractivity contribution in [3.05, 3.63) is 34.6 Å². The molecule has 0 amide bonds. The average Bonchev–Trinajstić information content (AvgIpc) is 3.03. The van der Waals surface area contributed by atoms with Crippen LogP contribution < -0.4 is 5.32 Å². The minimum Gasteiger partial charge on any atom is -0.419 e. The van der Waals surface area contributed by atoms with Crippen LogP contribution in [0.5, 0.6) is 0 Å². The Hall–Kier alpha value is -1.25. The Bertz CT molecular complexity index is 745. The van der Waals surface area contributed by atoms with Crippen molar-refractivity contribution in [2.24, 2.45) is 0 Å². The lowest BCUT2D eigenvalue weighted by Gasteiger charge is -2.07. The normalized spacial score (nSPS) is 20.7. The highest BCUT2D eigenvalue weighted by Crippen LogP contribution is 2.26. The summed E-state index contributed by atoms with van der Waals surface area (Å²) >= 11 is 3.44. The number of nitrogens with one attached hydrogen (secondary N) is 1. The number of hydrogen-bond acceptors (Lipinski definition) is 6. The molecule has 0 saturated carbocycles. The van der Waals surface area contributed by atoms with Crippen molar-refractivity contribution >= 4 is 25.8 Å². The monoisotopic (exact) mass is 371 g/mol. The van der Waals surface area contributed by atoms with E-state index in [4.69, 9.17) is 4.42 Å². The SMILES string of the molecule is O=S1(=O)CCC(NCc2nnc(-c3ccccc3Br)o2)C1. The van der Waals surface area contributed by atoms with E-state index in [2.05, 4.69) is 31.4 Å². The number of benzene rings is 1. The van der Waals surface area contributed by atoms with Crippen LogP contribution in [0.25, 0.3) is 11.5 Å². The van der Waals surface area contributed by atoms with Crippen LogP contribution in [0, 0.1) is 0 Å². The van der Waals surface area contributed by atoms with Crippen LogP contribution in [0.2, 0.25) is 0 Å². The molecule has 1 aliphatic heterocycles. The van der Waals surface area contributed by atoms with E-state index in [9.17, 15) is 8.42 Å². The molecule has 1 N–H and O–H groups in total. The molecule has 3 rings (SSSR count). The van der Waals surface area contributed by atoms with E-state index < -0.39 is 9.84 Å². The van der Waals surface area contributed by atoms with E-state index >= 15 is 0 Å². The predicted molar refractivity (Wildman–Crippen MR) is 81.3 cm³/mol. The van der Waals surface area contributed by atoms with Gasteiger partial charge in [-0.25, -0.2) is 8.42 Å². The Morgan fingerprint density at radius 3 is 2.86 bits per heavy atom. The van der Waals surface area contributed by atoms with Crippen LogP contribution >= 0.6 is 15.9 Å². The van der Waals surface area contributed by atoms with Crippen molar-refractivity contribution in [2.75, 3.05) is 11.5 Å². The van der Waals surface area contributed by atoms with Crippen LogP contribution in [0.15, 0.2) is 33.2 Å². The summed E-state index contributed by atoms with van der Waals surface area (Å²) < 4.78 is 29.2. The quantitative estimate of drug-likeness (QED) is 0.881. The molecule has 0 bridgehead atoms. The third kappa shape index (κ3) is 3.50. The van der Waals surface area contributed by atoms with Crippen molar-refractivity contribution in [2.45, 2.75) is 19.0 Å². The van der Waals surface area contributed by atoms with Crippen LogP contribution in [0.3, 0.4) is 0 Å². The molecule has 1 unspecified atom stereocenters.